The van der Waals surface area contributed by atoms with E-state index in [0.29, 0.717) is 18.3 Å². The summed E-state index contributed by atoms with van der Waals surface area (Å²) in [5, 5.41) is 0. The molecule has 4 nitrogen and oxygen atoms in total. The zero-order chi connectivity index (χ0) is 11.3. The van der Waals surface area contributed by atoms with Crippen molar-refractivity contribution in [1.82, 2.24) is 9.97 Å². The molecule has 15 heavy (non-hydrogen) atoms. The van der Waals surface area contributed by atoms with Crippen LogP contribution in [0.2, 0.25) is 0 Å². The summed E-state index contributed by atoms with van der Waals surface area (Å²) < 4.78 is 5.39. The molecule has 0 spiro atoms. The molecule has 0 aromatic carbocycles. The van der Waals surface area contributed by atoms with E-state index in [2.05, 4.69) is 16.9 Å². The number of ether oxygens (including phenoxy) is 1. The second kappa shape index (κ2) is 5.53. The molecular formula is C11H18N2O2. The van der Waals surface area contributed by atoms with Crippen LogP contribution in [-0.2, 0) is 0 Å². The van der Waals surface area contributed by atoms with Crippen molar-refractivity contribution in [2.45, 2.75) is 39.5 Å². The van der Waals surface area contributed by atoms with Crippen LogP contribution in [0.3, 0.4) is 0 Å². The molecule has 1 aromatic rings. The van der Waals surface area contributed by atoms with E-state index < -0.39 is 0 Å². The van der Waals surface area contributed by atoms with Crippen molar-refractivity contribution in [1.29, 1.82) is 0 Å². The maximum Gasteiger partial charge on any atom is 0.254 e. The average molecular weight is 210 g/mol. The number of aromatic amines is 1. The molecule has 0 fully saturated rings. The molecule has 0 radical (unpaired) electrons. The van der Waals surface area contributed by atoms with Gasteiger partial charge >= 0.3 is 0 Å². The highest BCUT2D eigenvalue weighted by molar-refractivity contribution is 5.10. The van der Waals surface area contributed by atoms with Crippen LogP contribution in [0.5, 0.6) is 5.88 Å². The van der Waals surface area contributed by atoms with Gasteiger partial charge in [-0.1, -0.05) is 27.2 Å². The van der Waals surface area contributed by atoms with Gasteiger partial charge in [0.05, 0.1) is 12.7 Å². The maximum atomic E-state index is 11.3. The molecule has 4 heteroatoms. The van der Waals surface area contributed by atoms with Gasteiger partial charge < -0.3 is 9.72 Å². The van der Waals surface area contributed by atoms with E-state index in [1.807, 2.05) is 13.8 Å². The second-order valence-electron chi connectivity index (χ2n) is 3.83. The van der Waals surface area contributed by atoms with Crippen molar-refractivity contribution in [3.05, 3.63) is 22.2 Å². The van der Waals surface area contributed by atoms with Gasteiger partial charge in [-0.3, -0.25) is 4.79 Å². The molecule has 0 unspecified atom stereocenters. The van der Waals surface area contributed by atoms with Gasteiger partial charge in [0.1, 0.15) is 5.82 Å². The number of nitrogens with one attached hydrogen (secondary N) is 1. The Hall–Kier alpha value is -1.32. The van der Waals surface area contributed by atoms with E-state index in [4.69, 9.17) is 4.74 Å². The fraction of sp³-hybridized carbons (Fsp3) is 0.636. The topological polar surface area (TPSA) is 55.0 Å². The van der Waals surface area contributed by atoms with Crippen LogP contribution in [0, 0.1) is 0 Å². The highest BCUT2D eigenvalue weighted by Gasteiger charge is 2.05. The standard InChI is InChI=1S/C11H18N2O2/c1-4-5-6-15-10-7-9(14)12-11(13-10)8(2)3/h7-8H,4-6H2,1-3H3,(H,12,13,14). The van der Waals surface area contributed by atoms with E-state index in [1.165, 1.54) is 6.07 Å². The summed E-state index contributed by atoms with van der Waals surface area (Å²) in [7, 11) is 0. The number of aromatic nitrogens is 2. The van der Waals surface area contributed by atoms with Gasteiger partial charge in [0.15, 0.2) is 0 Å². The van der Waals surface area contributed by atoms with Crippen molar-refractivity contribution >= 4 is 0 Å². The van der Waals surface area contributed by atoms with Gasteiger partial charge in [-0.25, -0.2) is 0 Å². The largest absolute Gasteiger partial charge is 0.477 e. The smallest absolute Gasteiger partial charge is 0.254 e. The Balaban J connectivity index is 2.75. The molecule has 0 aliphatic rings. The van der Waals surface area contributed by atoms with Crippen LogP contribution in [-0.4, -0.2) is 16.6 Å². The molecule has 1 heterocycles. The Kier molecular flexibility index (Phi) is 4.34. The lowest BCUT2D eigenvalue weighted by Gasteiger charge is -2.07. The first-order valence-corrected chi connectivity index (χ1v) is 5.37. The minimum atomic E-state index is -0.153. The third-order valence-corrected chi connectivity index (χ3v) is 2.03. The van der Waals surface area contributed by atoms with Crippen LogP contribution in [0.4, 0.5) is 0 Å². The summed E-state index contributed by atoms with van der Waals surface area (Å²) in [5.41, 5.74) is -0.153. The van der Waals surface area contributed by atoms with Gasteiger partial charge in [-0.15, -0.1) is 0 Å². The molecule has 0 atom stereocenters. The highest BCUT2D eigenvalue weighted by atomic mass is 16.5. The van der Waals surface area contributed by atoms with Crippen molar-refractivity contribution < 1.29 is 4.74 Å². The fourth-order valence-electron chi connectivity index (χ4n) is 1.12. The normalized spacial score (nSPS) is 10.7. The predicted molar refractivity (Wildman–Crippen MR) is 59.3 cm³/mol. The molecule has 0 saturated heterocycles. The second-order valence-corrected chi connectivity index (χ2v) is 3.83. The average Bonchev–Trinajstić information content (AvgIpc) is 2.17. The molecule has 0 bridgehead atoms. The molecule has 1 aromatic heterocycles. The summed E-state index contributed by atoms with van der Waals surface area (Å²) in [6.45, 7) is 6.67. The Bertz CT molecular complexity index is 358. The molecule has 1 rings (SSSR count). The zero-order valence-corrected chi connectivity index (χ0v) is 9.54. The monoisotopic (exact) mass is 210 g/mol. The Morgan fingerprint density at radius 3 is 2.87 bits per heavy atom. The van der Waals surface area contributed by atoms with E-state index in [9.17, 15) is 4.79 Å². The molecule has 0 amide bonds. The van der Waals surface area contributed by atoms with Crippen LogP contribution in [0.15, 0.2) is 10.9 Å². The van der Waals surface area contributed by atoms with Crippen LogP contribution < -0.4 is 10.3 Å². The van der Waals surface area contributed by atoms with Gasteiger partial charge in [0.2, 0.25) is 5.88 Å². The molecule has 0 saturated carbocycles. The summed E-state index contributed by atoms with van der Waals surface area (Å²) in [5.74, 6) is 1.30. The van der Waals surface area contributed by atoms with Crippen molar-refractivity contribution in [2.75, 3.05) is 6.61 Å². The van der Waals surface area contributed by atoms with Crippen molar-refractivity contribution in [3.8, 4) is 5.88 Å². The maximum absolute atomic E-state index is 11.3. The summed E-state index contributed by atoms with van der Waals surface area (Å²) in [6, 6.07) is 1.39. The summed E-state index contributed by atoms with van der Waals surface area (Å²) in [6.07, 6.45) is 2.05. The number of H-pyrrole nitrogens is 1. The Morgan fingerprint density at radius 1 is 1.53 bits per heavy atom. The first-order valence-electron chi connectivity index (χ1n) is 5.37. The Morgan fingerprint density at radius 2 is 2.27 bits per heavy atom. The number of nitrogens with zero attached hydrogens (tertiary/aromatic N) is 1. The third kappa shape index (κ3) is 3.73. The van der Waals surface area contributed by atoms with Crippen molar-refractivity contribution in [2.24, 2.45) is 0 Å². The Labute approximate surface area is 89.7 Å². The summed E-state index contributed by atoms with van der Waals surface area (Å²) in [4.78, 5) is 18.2. The van der Waals surface area contributed by atoms with Crippen molar-refractivity contribution in [3.63, 3.8) is 0 Å². The lowest BCUT2D eigenvalue weighted by molar-refractivity contribution is 0.295. The van der Waals surface area contributed by atoms with E-state index in [-0.39, 0.29) is 11.5 Å². The minimum absolute atomic E-state index is 0.153. The third-order valence-electron chi connectivity index (χ3n) is 2.03. The fourth-order valence-corrected chi connectivity index (χ4v) is 1.12. The van der Waals surface area contributed by atoms with E-state index in [0.717, 1.165) is 12.8 Å². The van der Waals surface area contributed by atoms with Crippen LogP contribution >= 0.6 is 0 Å². The number of unbranched alkanes of at least 4 members (excludes halogenated alkanes) is 1. The van der Waals surface area contributed by atoms with Crippen LogP contribution in [0.1, 0.15) is 45.4 Å². The summed E-state index contributed by atoms with van der Waals surface area (Å²) >= 11 is 0. The predicted octanol–water partition coefficient (Wildman–Crippen LogP) is 2.07. The van der Waals surface area contributed by atoms with E-state index >= 15 is 0 Å². The lowest BCUT2D eigenvalue weighted by atomic mass is 10.2. The zero-order valence-electron chi connectivity index (χ0n) is 9.54. The molecular weight excluding hydrogens is 192 g/mol. The molecule has 0 aliphatic heterocycles. The SMILES string of the molecule is CCCCOc1cc(=O)[nH]c(C(C)C)n1. The van der Waals surface area contributed by atoms with Crippen LogP contribution in [0.25, 0.3) is 0 Å². The van der Waals surface area contributed by atoms with Gasteiger partial charge in [-0.2, -0.15) is 4.98 Å². The molecule has 1 N–H and O–H groups in total. The minimum Gasteiger partial charge on any atom is -0.477 e. The highest BCUT2D eigenvalue weighted by Crippen LogP contribution is 2.10. The molecule has 0 aliphatic carbocycles. The van der Waals surface area contributed by atoms with Gasteiger partial charge in [0, 0.05) is 5.92 Å². The van der Waals surface area contributed by atoms with Gasteiger partial charge in [0.25, 0.3) is 5.56 Å². The quantitative estimate of drug-likeness (QED) is 0.757. The number of hydrogen-bond donors (Lipinski definition) is 1. The van der Waals surface area contributed by atoms with E-state index in [1.54, 1.807) is 0 Å². The molecule has 84 valence electrons. The number of hydrogen-bond acceptors (Lipinski definition) is 3. The lowest BCUT2D eigenvalue weighted by Crippen LogP contribution is -2.13. The first-order chi connectivity index (χ1) is 7.13. The number of rotatable bonds is 5. The van der Waals surface area contributed by atoms with Gasteiger partial charge in [-0.05, 0) is 6.42 Å². The first kappa shape index (κ1) is 11.8.